The average Bonchev–Trinajstić information content (AvgIpc) is 2.04. The summed E-state index contributed by atoms with van der Waals surface area (Å²) in [6.07, 6.45) is 5.00. The Kier molecular flexibility index (Phi) is 7.66. The third-order valence-electron chi connectivity index (χ3n) is 1.93. The highest BCUT2D eigenvalue weighted by Gasteiger charge is 2.10. The molecule has 0 aromatic heterocycles. The summed E-state index contributed by atoms with van der Waals surface area (Å²) in [5.74, 6) is -0.864. The van der Waals surface area contributed by atoms with E-state index in [1.165, 1.54) is 0 Å². The molecule has 0 saturated heterocycles. The summed E-state index contributed by atoms with van der Waals surface area (Å²) in [6, 6.07) is 0. The molecule has 0 heterocycles. The molecule has 0 saturated carbocycles. The van der Waals surface area contributed by atoms with Gasteiger partial charge in [-0.15, -0.1) is 0 Å². The van der Waals surface area contributed by atoms with Crippen molar-refractivity contribution in [1.29, 1.82) is 0 Å². The lowest BCUT2D eigenvalue weighted by Crippen LogP contribution is -2.09. The SMILES string of the molecule is CSSC(C)CCCC(C)C(=O)O. The highest BCUT2D eigenvalue weighted by molar-refractivity contribution is 8.76. The molecule has 4 heteroatoms. The average molecular weight is 222 g/mol. The van der Waals surface area contributed by atoms with Crippen LogP contribution in [0.5, 0.6) is 0 Å². The summed E-state index contributed by atoms with van der Waals surface area (Å²) in [5, 5.41) is 9.28. The van der Waals surface area contributed by atoms with Crippen molar-refractivity contribution in [3.8, 4) is 0 Å². The van der Waals surface area contributed by atoms with E-state index >= 15 is 0 Å². The summed E-state index contributed by atoms with van der Waals surface area (Å²) >= 11 is 0. The molecule has 0 aromatic carbocycles. The first-order valence-electron chi connectivity index (χ1n) is 4.50. The van der Waals surface area contributed by atoms with E-state index in [1.54, 1.807) is 17.7 Å². The van der Waals surface area contributed by atoms with Crippen LogP contribution < -0.4 is 0 Å². The molecular weight excluding hydrogens is 204 g/mol. The van der Waals surface area contributed by atoms with Gasteiger partial charge in [0.2, 0.25) is 0 Å². The monoisotopic (exact) mass is 222 g/mol. The zero-order valence-corrected chi connectivity index (χ0v) is 10.1. The Hall–Kier alpha value is 0.170. The minimum absolute atomic E-state index is 0.188. The molecule has 2 unspecified atom stereocenters. The van der Waals surface area contributed by atoms with Gasteiger partial charge in [0.05, 0.1) is 5.92 Å². The molecule has 0 rings (SSSR count). The quantitative estimate of drug-likeness (QED) is 0.671. The fraction of sp³-hybridized carbons (Fsp3) is 0.889. The Balaban J connectivity index is 3.39. The predicted octanol–water partition coefficient (Wildman–Crippen LogP) is 3.28. The molecule has 13 heavy (non-hydrogen) atoms. The fourth-order valence-electron chi connectivity index (χ4n) is 1.05. The molecule has 0 bridgehead atoms. The second kappa shape index (κ2) is 7.56. The molecule has 2 atom stereocenters. The van der Waals surface area contributed by atoms with Gasteiger partial charge in [-0.05, 0) is 19.1 Å². The molecule has 2 nitrogen and oxygen atoms in total. The number of carboxylic acids is 1. The van der Waals surface area contributed by atoms with Gasteiger partial charge in [-0.1, -0.05) is 41.9 Å². The van der Waals surface area contributed by atoms with E-state index in [-0.39, 0.29) is 5.92 Å². The Labute approximate surface area is 88.3 Å². The summed E-state index contributed by atoms with van der Waals surface area (Å²) in [4.78, 5) is 10.5. The van der Waals surface area contributed by atoms with Crippen molar-refractivity contribution < 1.29 is 9.90 Å². The van der Waals surface area contributed by atoms with Crippen LogP contribution in [0.3, 0.4) is 0 Å². The first-order chi connectivity index (χ1) is 6.07. The van der Waals surface area contributed by atoms with Crippen LogP contribution in [0.25, 0.3) is 0 Å². The van der Waals surface area contributed by atoms with Gasteiger partial charge in [-0.25, -0.2) is 0 Å². The number of rotatable bonds is 7. The van der Waals surface area contributed by atoms with Crippen LogP contribution in [-0.4, -0.2) is 22.6 Å². The van der Waals surface area contributed by atoms with Gasteiger partial charge in [0.15, 0.2) is 0 Å². The largest absolute Gasteiger partial charge is 0.481 e. The van der Waals surface area contributed by atoms with Crippen LogP contribution >= 0.6 is 21.6 Å². The first-order valence-corrected chi connectivity index (χ1v) is 7.12. The lowest BCUT2D eigenvalue weighted by atomic mass is 10.0. The fourth-order valence-corrected chi connectivity index (χ4v) is 2.91. The van der Waals surface area contributed by atoms with Gasteiger partial charge in [-0.2, -0.15) is 0 Å². The van der Waals surface area contributed by atoms with Crippen LogP contribution in [0, 0.1) is 5.92 Å². The van der Waals surface area contributed by atoms with Gasteiger partial charge in [0.25, 0.3) is 0 Å². The minimum atomic E-state index is -0.676. The third-order valence-corrected chi connectivity index (χ3v) is 4.25. The topological polar surface area (TPSA) is 37.3 Å². The molecule has 0 aliphatic rings. The zero-order valence-electron chi connectivity index (χ0n) is 8.45. The second-order valence-electron chi connectivity index (χ2n) is 3.24. The van der Waals surface area contributed by atoms with Crippen LogP contribution in [0.4, 0.5) is 0 Å². The van der Waals surface area contributed by atoms with Gasteiger partial charge in [0.1, 0.15) is 0 Å². The van der Waals surface area contributed by atoms with Crippen molar-refractivity contribution in [2.24, 2.45) is 5.92 Å². The standard InChI is InChI=1S/C9H18O2S2/c1-7(9(10)11)5-4-6-8(2)13-12-3/h7-8H,4-6H2,1-3H3,(H,10,11). The van der Waals surface area contributed by atoms with E-state index < -0.39 is 5.97 Å². The molecule has 0 radical (unpaired) electrons. The molecule has 0 spiro atoms. The van der Waals surface area contributed by atoms with Crippen LogP contribution in [0.15, 0.2) is 0 Å². The van der Waals surface area contributed by atoms with Crippen LogP contribution in [0.1, 0.15) is 33.1 Å². The zero-order chi connectivity index (χ0) is 10.3. The maximum absolute atomic E-state index is 10.5. The summed E-state index contributed by atoms with van der Waals surface area (Å²) < 4.78 is 0. The van der Waals surface area contributed by atoms with E-state index in [0.29, 0.717) is 5.25 Å². The molecular formula is C9H18O2S2. The predicted molar refractivity (Wildman–Crippen MR) is 61.2 cm³/mol. The van der Waals surface area contributed by atoms with Gasteiger partial charge < -0.3 is 5.11 Å². The Morgan fingerprint density at radius 1 is 1.38 bits per heavy atom. The molecule has 0 aliphatic heterocycles. The Bertz CT molecular complexity index is 151. The maximum Gasteiger partial charge on any atom is 0.306 e. The molecule has 1 N–H and O–H groups in total. The number of hydrogen-bond donors (Lipinski definition) is 1. The number of aliphatic carboxylic acids is 1. The van der Waals surface area contributed by atoms with E-state index in [1.807, 2.05) is 10.8 Å². The van der Waals surface area contributed by atoms with Gasteiger partial charge in [0, 0.05) is 5.25 Å². The summed E-state index contributed by atoms with van der Waals surface area (Å²) in [6.45, 7) is 3.96. The Morgan fingerprint density at radius 2 is 2.00 bits per heavy atom. The van der Waals surface area contributed by atoms with E-state index in [2.05, 4.69) is 13.2 Å². The summed E-state index contributed by atoms with van der Waals surface area (Å²) in [5.41, 5.74) is 0. The highest BCUT2D eigenvalue weighted by Crippen LogP contribution is 2.27. The number of carbonyl (C=O) groups is 1. The van der Waals surface area contributed by atoms with Crippen LogP contribution in [0.2, 0.25) is 0 Å². The van der Waals surface area contributed by atoms with E-state index in [4.69, 9.17) is 5.11 Å². The third kappa shape index (κ3) is 7.26. The first kappa shape index (κ1) is 13.2. The lowest BCUT2D eigenvalue weighted by Gasteiger charge is -2.09. The maximum atomic E-state index is 10.5. The smallest absolute Gasteiger partial charge is 0.306 e. The molecule has 0 aliphatic carbocycles. The number of hydrogen-bond acceptors (Lipinski definition) is 3. The van der Waals surface area contributed by atoms with Gasteiger partial charge in [-0.3, -0.25) is 4.79 Å². The molecule has 0 amide bonds. The van der Waals surface area contributed by atoms with E-state index in [0.717, 1.165) is 19.3 Å². The lowest BCUT2D eigenvalue weighted by molar-refractivity contribution is -0.141. The summed E-state index contributed by atoms with van der Waals surface area (Å²) in [7, 11) is 3.64. The van der Waals surface area contributed by atoms with Crippen molar-refractivity contribution in [2.45, 2.75) is 38.4 Å². The van der Waals surface area contributed by atoms with E-state index in [9.17, 15) is 4.79 Å². The molecule has 0 aromatic rings. The van der Waals surface area contributed by atoms with Crippen molar-refractivity contribution in [1.82, 2.24) is 0 Å². The second-order valence-corrected chi connectivity index (χ2v) is 6.15. The van der Waals surface area contributed by atoms with Crippen LogP contribution in [-0.2, 0) is 4.79 Å². The van der Waals surface area contributed by atoms with Crippen molar-refractivity contribution in [3.63, 3.8) is 0 Å². The minimum Gasteiger partial charge on any atom is -0.481 e. The molecule has 78 valence electrons. The number of carboxylic acid groups (broad SMARTS) is 1. The Morgan fingerprint density at radius 3 is 2.46 bits per heavy atom. The van der Waals surface area contributed by atoms with Crippen molar-refractivity contribution in [3.05, 3.63) is 0 Å². The van der Waals surface area contributed by atoms with Gasteiger partial charge >= 0.3 is 5.97 Å². The molecule has 0 fully saturated rings. The normalized spacial score (nSPS) is 15.3. The highest BCUT2D eigenvalue weighted by atomic mass is 33.1. The van der Waals surface area contributed by atoms with Crippen molar-refractivity contribution in [2.75, 3.05) is 6.26 Å². The van der Waals surface area contributed by atoms with Crippen molar-refractivity contribution >= 4 is 27.6 Å².